The number of benzene rings is 4. The molecule has 0 radical (unpaired) electrons. The molecule has 0 amide bonds. The van der Waals surface area contributed by atoms with Crippen LogP contribution in [0.25, 0.3) is 21.0 Å². The fraction of sp³-hybridized carbons (Fsp3) is 0.0833. The number of rotatable bonds is 5. The van der Waals surface area contributed by atoms with Crippen molar-refractivity contribution in [1.29, 1.82) is 0 Å². The van der Waals surface area contributed by atoms with Gasteiger partial charge in [-0.05, 0) is 41.3 Å². The number of anilines is 1. The zero-order chi connectivity index (χ0) is 26.9. The van der Waals surface area contributed by atoms with Crippen molar-refractivity contribution >= 4 is 50.3 Å². The van der Waals surface area contributed by atoms with E-state index in [-0.39, 0.29) is 10.7 Å². The predicted octanol–water partition coefficient (Wildman–Crippen LogP) is 9.48. The smallest absolute Gasteiger partial charge is 0.131 e. The number of fused-ring (bicyclic) bond motifs is 2. The van der Waals surface area contributed by atoms with Crippen LogP contribution in [0.2, 0.25) is 0 Å². The highest BCUT2D eigenvalue weighted by atomic mass is 32.2. The number of thioether (sulfide) groups is 2. The number of hydrogen-bond acceptors (Lipinski definition) is 4. The summed E-state index contributed by atoms with van der Waals surface area (Å²) in [6, 6.07) is 49.9. The Bertz CT molecular complexity index is 1590. The van der Waals surface area contributed by atoms with Gasteiger partial charge in [0.2, 0.25) is 0 Å². The summed E-state index contributed by atoms with van der Waals surface area (Å²) in [7, 11) is 0. The molecule has 7 rings (SSSR count). The molecular weight excluding hydrogens is 525 g/mol. The Balaban J connectivity index is 1.53. The minimum Gasteiger partial charge on any atom is -0.323 e. The minimum atomic E-state index is 0.0424. The van der Waals surface area contributed by atoms with Crippen LogP contribution in [-0.2, 0) is 0 Å². The largest absolute Gasteiger partial charge is 0.323 e. The molecule has 0 aliphatic carbocycles. The molecule has 2 aliphatic rings. The molecule has 0 N–H and O–H groups in total. The molecule has 4 aromatic carbocycles. The van der Waals surface area contributed by atoms with E-state index < -0.39 is 0 Å². The maximum absolute atomic E-state index is 5.09. The predicted molar refractivity (Wildman–Crippen MR) is 174 cm³/mol. The third-order valence-electron chi connectivity index (χ3n) is 7.33. The van der Waals surface area contributed by atoms with Gasteiger partial charge in [-0.2, -0.15) is 0 Å². The highest BCUT2D eigenvalue weighted by molar-refractivity contribution is 8.12. The Hall–Kier alpha value is -3.99. The molecule has 2 nitrogen and oxygen atoms in total. The summed E-state index contributed by atoms with van der Waals surface area (Å²) in [6.07, 6.45) is 0. The zero-order valence-corrected chi connectivity index (χ0v) is 23.8. The van der Waals surface area contributed by atoms with Crippen LogP contribution in [-0.4, -0.2) is 15.7 Å². The third-order valence-corrected chi connectivity index (χ3v) is 10.1. The van der Waals surface area contributed by atoms with E-state index in [1.54, 1.807) is 0 Å². The first-order valence-corrected chi connectivity index (χ1v) is 15.3. The van der Waals surface area contributed by atoms with E-state index in [2.05, 4.69) is 151 Å². The average molecular weight is 553 g/mol. The molecule has 2 aliphatic heterocycles. The van der Waals surface area contributed by atoms with Crippen molar-refractivity contribution in [3.8, 4) is 0 Å². The van der Waals surface area contributed by atoms with Gasteiger partial charge in [-0.3, -0.25) is 0 Å². The number of hydrogen-bond donors (Lipinski definition) is 0. The molecule has 0 saturated heterocycles. The van der Waals surface area contributed by atoms with E-state index in [0.717, 1.165) is 11.5 Å². The lowest BCUT2D eigenvalue weighted by molar-refractivity contribution is 0.858. The molecule has 3 heterocycles. The van der Waals surface area contributed by atoms with Gasteiger partial charge in [0.05, 0.1) is 0 Å². The van der Waals surface area contributed by atoms with Gasteiger partial charge in [0, 0.05) is 26.7 Å². The quantitative estimate of drug-likeness (QED) is 0.216. The van der Waals surface area contributed by atoms with Crippen molar-refractivity contribution in [2.24, 2.45) is 0 Å². The van der Waals surface area contributed by atoms with E-state index in [1.807, 2.05) is 23.5 Å². The number of pyridine rings is 1. The van der Waals surface area contributed by atoms with E-state index >= 15 is 0 Å². The van der Waals surface area contributed by atoms with Gasteiger partial charge in [0.25, 0.3) is 0 Å². The third kappa shape index (κ3) is 4.57. The SMILES string of the molecule is Cc1cccc(N2C3SC(c4ccccc4)=C(c4ccccc4)C2SC(c2ccccc2)=C3c2ccccc2)n1. The van der Waals surface area contributed by atoms with Crippen LogP contribution in [0, 0.1) is 6.92 Å². The summed E-state index contributed by atoms with van der Waals surface area (Å²) in [5.41, 5.74) is 8.71. The lowest BCUT2D eigenvalue weighted by atomic mass is 9.97. The van der Waals surface area contributed by atoms with E-state index in [1.165, 1.54) is 43.2 Å². The van der Waals surface area contributed by atoms with Crippen LogP contribution in [0.3, 0.4) is 0 Å². The van der Waals surface area contributed by atoms with E-state index in [9.17, 15) is 0 Å². The average Bonchev–Trinajstić information content (AvgIpc) is 3.02. The number of nitrogens with zero attached hydrogens (tertiary/aromatic N) is 2. The van der Waals surface area contributed by atoms with Crippen LogP contribution >= 0.6 is 23.5 Å². The molecule has 2 unspecified atom stereocenters. The van der Waals surface area contributed by atoms with Gasteiger partial charge in [-0.1, -0.05) is 151 Å². The molecule has 0 spiro atoms. The molecule has 5 aromatic rings. The second-order valence-electron chi connectivity index (χ2n) is 9.93. The lowest BCUT2D eigenvalue weighted by Crippen LogP contribution is -2.47. The zero-order valence-electron chi connectivity index (χ0n) is 22.1. The molecule has 2 bridgehead atoms. The monoisotopic (exact) mass is 552 g/mol. The molecule has 2 atom stereocenters. The number of aryl methyl sites for hydroxylation is 1. The fourth-order valence-electron chi connectivity index (χ4n) is 5.53. The summed E-state index contributed by atoms with van der Waals surface area (Å²) in [5, 5.41) is 0.0849. The van der Waals surface area contributed by atoms with Crippen LogP contribution in [0.1, 0.15) is 27.9 Å². The van der Waals surface area contributed by atoms with Crippen molar-refractivity contribution in [3.63, 3.8) is 0 Å². The molecule has 40 heavy (non-hydrogen) atoms. The van der Waals surface area contributed by atoms with Crippen LogP contribution < -0.4 is 4.90 Å². The molecule has 194 valence electrons. The van der Waals surface area contributed by atoms with Gasteiger partial charge >= 0.3 is 0 Å². The Kier molecular flexibility index (Phi) is 6.80. The second kappa shape index (κ2) is 10.9. The molecule has 0 fully saturated rings. The standard InChI is InChI=1S/C36H28N2S2/c1-25-15-14-24-30(37-25)38-35-31(26-16-6-2-7-17-26)33(28-20-10-4-11-21-28)39-36(38)32(27-18-8-3-9-19-27)34(40-35)29-22-12-5-13-23-29/h2-24,35-36H,1H3. The first-order valence-electron chi connectivity index (χ1n) is 13.5. The van der Waals surface area contributed by atoms with Crippen LogP contribution in [0.5, 0.6) is 0 Å². The maximum Gasteiger partial charge on any atom is 0.131 e. The van der Waals surface area contributed by atoms with Gasteiger partial charge in [-0.25, -0.2) is 4.98 Å². The van der Waals surface area contributed by atoms with Crippen molar-refractivity contribution in [2.45, 2.75) is 17.7 Å². The highest BCUT2D eigenvalue weighted by Crippen LogP contribution is 2.60. The van der Waals surface area contributed by atoms with E-state index in [4.69, 9.17) is 4.98 Å². The number of aromatic nitrogens is 1. The van der Waals surface area contributed by atoms with Crippen molar-refractivity contribution in [3.05, 3.63) is 167 Å². The topological polar surface area (TPSA) is 16.1 Å². The normalized spacial score (nSPS) is 18.7. The first-order chi connectivity index (χ1) is 19.8. The Labute approximate surface area is 244 Å². The highest BCUT2D eigenvalue weighted by Gasteiger charge is 2.46. The Morgan fingerprint density at radius 3 is 1.27 bits per heavy atom. The van der Waals surface area contributed by atoms with E-state index in [0.29, 0.717) is 0 Å². The molecule has 1 aromatic heterocycles. The Morgan fingerprint density at radius 1 is 0.475 bits per heavy atom. The fourth-order valence-corrected chi connectivity index (χ4v) is 8.89. The van der Waals surface area contributed by atoms with Crippen molar-refractivity contribution in [1.82, 2.24) is 4.98 Å². The van der Waals surface area contributed by atoms with Gasteiger partial charge in [0.1, 0.15) is 16.6 Å². The van der Waals surface area contributed by atoms with Gasteiger partial charge < -0.3 is 4.90 Å². The van der Waals surface area contributed by atoms with Crippen LogP contribution in [0.15, 0.2) is 140 Å². The molecular formula is C36H28N2S2. The van der Waals surface area contributed by atoms with Gasteiger partial charge in [-0.15, -0.1) is 0 Å². The summed E-state index contributed by atoms with van der Waals surface area (Å²) in [6.45, 7) is 2.08. The molecule has 4 heteroatoms. The van der Waals surface area contributed by atoms with Crippen molar-refractivity contribution in [2.75, 3.05) is 4.90 Å². The first kappa shape index (κ1) is 25.0. The van der Waals surface area contributed by atoms with Crippen molar-refractivity contribution < 1.29 is 0 Å². The summed E-state index contributed by atoms with van der Waals surface area (Å²) < 4.78 is 0. The summed E-state index contributed by atoms with van der Waals surface area (Å²) in [4.78, 5) is 10.3. The maximum atomic E-state index is 5.09. The summed E-state index contributed by atoms with van der Waals surface area (Å²) >= 11 is 3.89. The Morgan fingerprint density at radius 2 is 0.875 bits per heavy atom. The lowest BCUT2D eigenvalue weighted by Gasteiger charge is -2.49. The van der Waals surface area contributed by atoms with Gasteiger partial charge in [0.15, 0.2) is 0 Å². The minimum absolute atomic E-state index is 0.0424. The van der Waals surface area contributed by atoms with Crippen LogP contribution in [0.4, 0.5) is 5.82 Å². The second-order valence-corrected chi connectivity index (χ2v) is 12.1. The summed E-state index contributed by atoms with van der Waals surface area (Å²) in [5.74, 6) is 1.01. The molecule has 0 saturated carbocycles.